The number of carbonyl (C=O) groups is 2. The fourth-order valence-electron chi connectivity index (χ4n) is 6.06. The van der Waals surface area contributed by atoms with Crippen molar-refractivity contribution in [1.29, 1.82) is 0 Å². The average molecular weight is 698 g/mol. The molecule has 48 heavy (non-hydrogen) atoms. The second kappa shape index (κ2) is 15.6. The van der Waals surface area contributed by atoms with Crippen molar-refractivity contribution >= 4 is 40.2 Å². The Bertz CT molecular complexity index is 1530. The summed E-state index contributed by atoms with van der Waals surface area (Å²) >= 11 is 3.09. The second-order valence-electron chi connectivity index (χ2n) is 14.7. The van der Waals surface area contributed by atoms with Crippen molar-refractivity contribution in [3.05, 3.63) is 53.4 Å². The monoisotopic (exact) mass is 697 g/mol. The standard InChI is InChI=1S/C36H51N5O5S2/c1-8-9-28-27-11-10-26(20-25(27)14-17-41(28)34(43)46-36(5,6)7)44-19-18-40-15-12-24(13-16-40)32(42)39-33-38-22-31(48-33)47-23-30-37-21-29(45-30)35(2,3)4/h10-11,20-22,24,28H,8-9,12-19,23H2,1-7H3,(H,38,39,42). The molecule has 1 saturated heterocycles. The third kappa shape index (κ3) is 9.75. The third-order valence-corrected chi connectivity index (χ3v) is 10.7. The number of piperidine rings is 1. The molecule has 1 fully saturated rings. The summed E-state index contributed by atoms with van der Waals surface area (Å²) in [5.41, 5.74) is 1.85. The number of benzene rings is 1. The number of likely N-dealkylation sites (tertiary alicyclic amines) is 1. The molecule has 0 saturated carbocycles. The van der Waals surface area contributed by atoms with Gasteiger partial charge in [0.25, 0.3) is 0 Å². The van der Waals surface area contributed by atoms with Gasteiger partial charge in [-0.05, 0) is 82.8 Å². The second-order valence-corrected chi connectivity index (χ2v) is 17.0. The number of amides is 2. The fraction of sp³-hybridized carbons (Fsp3) is 0.611. The number of carbonyl (C=O) groups excluding carboxylic acids is 2. The van der Waals surface area contributed by atoms with E-state index in [2.05, 4.69) is 60.0 Å². The molecule has 2 aliphatic rings. The summed E-state index contributed by atoms with van der Waals surface area (Å²) in [6.45, 7) is 17.9. The van der Waals surface area contributed by atoms with Crippen LogP contribution in [0.2, 0.25) is 0 Å². The molecule has 0 spiro atoms. The zero-order valence-corrected chi connectivity index (χ0v) is 31.1. The minimum atomic E-state index is -0.517. The lowest BCUT2D eigenvalue weighted by molar-refractivity contribution is -0.121. The molecule has 2 amide bonds. The van der Waals surface area contributed by atoms with Gasteiger partial charge < -0.3 is 24.1 Å². The van der Waals surface area contributed by atoms with Crippen molar-refractivity contribution < 1.29 is 23.5 Å². The Hall–Kier alpha value is -3.09. The van der Waals surface area contributed by atoms with Gasteiger partial charge in [-0.2, -0.15) is 0 Å². The number of rotatable bonds is 11. The lowest BCUT2D eigenvalue weighted by Crippen LogP contribution is -2.43. The molecule has 2 aliphatic heterocycles. The number of thioether (sulfide) groups is 1. The van der Waals surface area contributed by atoms with E-state index in [-0.39, 0.29) is 29.4 Å². The minimum absolute atomic E-state index is 0.0183. The fourth-order valence-corrected chi connectivity index (χ4v) is 7.79. The van der Waals surface area contributed by atoms with E-state index >= 15 is 0 Å². The average Bonchev–Trinajstić information content (AvgIpc) is 3.69. The molecule has 0 aliphatic carbocycles. The summed E-state index contributed by atoms with van der Waals surface area (Å²) in [4.78, 5) is 39.0. The maximum Gasteiger partial charge on any atom is 0.410 e. The van der Waals surface area contributed by atoms with Crippen molar-refractivity contribution in [2.24, 2.45) is 5.92 Å². The first-order valence-corrected chi connectivity index (χ1v) is 18.9. The number of thiazole rings is 1. The number of hydrogen-bond donors (Lipinski definition) is 1. The quantitative estimate of drug-likeness (QED) is 0.199. The van der Waals surface area contributed by atoms with Crippen molar-refractivity contribution in [2.45, 2.75) is 108 Å². The highest BCUT2D eigenvalue weighted by molar-refractivity contribution is 8.00. The van der Waals surface area contributed by atoms with Gasteiger partial charge >= 0.3 is 6.09 Å². The zero-order chi connectivity index (χ0) is 34.5. The lowest BCUT2D eigenvalue weighted by atomic mass is 9.90. The van der Waals surface area contributed by atoms with E-state index in [1.54, 1.807) is 24.2 Å². The summed E-state index contributed by atoms with van der Waals surface area (Å²) in [7, 11) is 0. The van der Waals surface area contributed by atoms with Gasteiger partial charge in [0.2, 0.25) is 11.8 Å². The number of nitrogens with one attached hydrogen (secondary N) is 1. The number of aromatic nitrogens is 2. The molecule has 12 heteroatoms. The third-order valence-electron chi connectivity index (χ3n) is 8.64. The Morgan fingerprint density at radius 1 is 1.08 bits per heavy atom. The summed E-state index contributed by atoms with van der Waals surface area (Å²) in [6.07, 6.45) is 7.64. The van der Waals surface area contributed by atoms with Crippen molar-refractivity contribution in [3.8, 4) is 5.75 Å². The van der Waals surface area contributed by atoms with Crippen LogP contribution in [0.25, 0.3) is 0 Å². The maximum absolute atomic E-state index is 13.0. The molecule has 10 nitrogen and oxygen atoms in total. The molecule has 1 N–H and O–H groups in total. The summed E-state index contributed by atoms with van der Waals surface area (Å²) in [6, 6.07) is 6.30. The molecule has 0 bridgehead atoms. The van der Waals surface area contributed by atoms with Gasteiger partial charge in [0, 0.05) is 24.4 Å². The van der Waals surface area contributed by atoms with E-state index in [1.807, 2.05) is 31.7 Å². The minimum Gasteiger partial charge on any atom is -0.492 e. The predicted molar refractivity (Wildman–Crippen MR) is 191 cm³/mol. The number of nitrogens with zero attached hydrogens (tertiary/aromatic N) is 4. The van der Waals surface area contributed by atoms with E-state index in [0.29, 0.717) is 29.9 Å². The molecule has 1 unspecified atom stereocenters. The molecule has 5 rings (SSSR count). The first-order chi connectivity index (χ1) is 22.8. The van der Waals surface area contributed by atoms with Gasteiger partial charge in [0.05, 0.1) is 28.4 Å². The smallest absolute Gasteiger partial charge is 0.410 e. The largest absolute Gasteiger partial charge is 0.492 e. The summed E-state index contributed by atoms with van der Waals surface area (Å²) in [5, 5.41) is 3.66. The molecule has 3 aromatic rings. The van der Waals surface area contributed by atoms with Crippen molar-refractivity contribution in [2.75, 3.05) is 38.1 Å². The first-order valence-electron chi connectivity index (χ1n) is 17.1. The lowest BCUT2D eigenvalue weighted by Gasteiger charge is -2.38. The van der Waals surface area contributed by atoms with Gasteiger partial charge in [-0.25, -0.2) is 14.8 Å². The number of fused-ring (bicyclic) bond motifs is 1. The van der Waals surface area contributed by atoms with Gasteiger partial charge in [-0.1, -0.05) is 51.5 Å². The number of oxazole rings is 1. The molecule has 1 aromatic carbocycles. The molecule has 1 atom stereocenters. The van der Waals surface area contributed by atoms with E-state index in [9.17, 15) is 9.59 Å². The first kappa shape index (κ1) is 36.2. The normalized spacial score (nSPS) is 17.6. The van der Waals surface area contributed by atoms with Crippen LogP contribution in [0.5, 0.6) is 5.75 Å². The summed E-state index contributed by atoms with van der Waals surface area (Å²) in [5.74, 6) is 3.06. The van der Waals surface area contributed by atoms with Gasteiger partial charge in [-0.15, -0.1) is 11.8 Å². The zero-order valence-electron chi connectivity index (χ0n) is 29.5. The van der Waals surface area contributed by atoms with Crippen LogP contribution < -0.4 is 10.1 Å². The molecule has 2 aromatic heterocycles. The van der Waals surface area contributed by atoms with E-state index in [1.165, 1.54) is 22.5 Å². The number of anilines is 1. The number of hydrogen-bond acceptors (Lipinski definition) is 10. The van der Waals surface area contributed by atoms with Crippen LogP contribution in [0.4, 0.5) is 9.93 Å². The molecule has 4 heterocycles. The van der Waals surface area contributed by atoms with Crippen LogP contribution in [-0.2, 0) is 27.1 Å². The molecular formula is C36H51N5O5S2. The molecular weight excluding hydrogens is 647 g/mol. The van der Waals surface area contributed by atoms with Gasteiger partial charge in [-0.3, -0.25) is 9.69 Å². The highest BCUT2D eigenvalue weighted by Gasteiger charge is 2.33. The Kier molecular flexibility index (Phi) is 11.8. The SMILES string of the molecule is CCCC1c2ccc(OCCN3CCC(C(=O)Nc4ncc(SCc5ncc(C(C)(C)C)o5)s4)CC3)cc2CCN1C(=O)OC(C)(C)C. The van der Waals surface area contributed by atoms with Crippen molar-refractivity contribution in [3.63, 3.8) is 0 Å². The number of ether oxygens (including phenoxy) is 2. The Balaban J connectivity index is 1.03. The van der Waals surface area contributed by atoms with Crippen LogP contribution in [0.15, 0.2) is 39.2 Å². The van der Waals surface area contributed by atoms with E-state index in [0.717, 1.165) is 67.5 Å². The Morgan fingerprint density at radius 3 is 2.54 bits per heavy atom. The highest BCUT2D eigenvalue weighted by atomic mass is 32.2. The molecule has 0 radical (unpaired) electrons. The Labute approximate surface area is 293 Å². The Morgan fingerprint density at radius 2 is 1.85 bits per heavy atom. The van der Waals surface area contributed by atoms with E-state index < -0.39 is 5.60 Å². The van der Waals surface area contributed by atoms with Crippen LogP contribution in [0.3, 0.4) is 0 Å². The topological polar surface area (TPSA) is 110 Å². The van der Waals surface area contributed by atoms with Crippen LogP contribution in [0, 0.1) is 5.92 Å². The molecule has 262 valence electrons. The van der Waals surface area contributed by atoms with Crippen LogP contribution >= 0.6 is 23.1 Å². The van der Waals surface area contributed by atoms with Crippen LogP contribution in [-0.4, -0.2) is 70.2 Å². The van der Waals surface area contributed by atoms with Gasteiger partial charge in [0.15, 0.2) is 5.13 Å². The van der Waals surface area contributed by atoms with Gasteiger partial charge in [0.1, 0.15) is 23.7 Å². The summed E-state index contributed by atoms with van der Waals surface area (Å²) < 4.78 is 18.8. The van der Waals surface area contributed by atoms with Crippen LogP contribution in [0.1, 0.15) is 103 Å². The van der Waals surface area contributed by atoms with E-state index in [4.69, 9.17) is 13.9 Å². The van der Waals surface area contributed by atoms with Crippen molar-refractivity contribution in [1.82, 2.24) is 19.8 Å². The maximum atomic E-state index is 13.0. The predicted octanol–water partition coefficient (Wildman–Crippen LogP) is 8.08. The highest BCUT2D eigenvalue weighted by Crippen LogP contribution is 2.36.